The molecule has 5 heteroatoms. The average Bonchev–Trinajstić information content (AvgIpc) is 2.31. The highest BCUT2D eigenvalue weighted by Crippen LogP contribution is 2.08. The molecule has 1 amide bonds. The van der Waals surface area contributed by atoms with E-state index in [0.29, 0.717) is 18.4 Å². The van der Waals surface area contributed by atoms with Gasteiger partial charge in [0.25, 0.3) is 0 Å². The number of amides is 1. The number of hydrogen-bond acceptors (Lipinski definition) is 2. The zero-order chi connectivity index (χ0) is 13.5. The predicted octanol–water partition coefficient (Wildman–Crippen LogP) is 2.04. The van der Waals surface area contributed by atoms with Crippen LogP contribution in [0.1, 0.15) is 25.3 Å². The molecule has 0 bridgehead atoms. The highest BCUT2D eigenvalue weighted by Gasteiger charge is 2.16. The largest absolute Gasteiger partial charge is 0.480 e. The van der Waals surface area contributed by atoms with Crippen molar-refractivity contribution in [3.63, 3.8) is 0 Å². The van der Waals surface area contributed by atoms with Crippen LogP contribution in [0.15, 0.2) is 24.3 Å². The summed E-state index contributed by atoms with van der Waals surface area (Å²) in [6.45, 7) is 1.70. The summed E-state index contributed by atoms with van der Waals surface area (Å²) in [7, 11) is 0. The van der Waals surface area contributed by atoms with Crippen molar-refractivity contribution in [3.8, 4) is 0 Å². The molecule has 0 radical (unpaired) electrons. The van der Waals surface area contributed by atoms with E-state index in [2.05, 4.69) is 0 Å². The van der Waals surface area contributed by atoms with Crippen LogP contribution in [0.25, 0.3) is 0 Å². The van der Waals surface area contributed by atoms with Crippen molar-refractivity contribution in [2.45, 2.75) is 26.3 Å². The highest BCUT2D eigenvalue weighted by molar-refractivity contribution is 5.81. The van der Waals surface area contributed by atoms with Gasteiger partial charge in [-0.05, 0) is 24.1 Å². The lowest BCUT2D eigenvalue weighted by atomic mass is 10.2. The van der Waals surface area contributed by atoms with Crippen LogP contribution in [-0.4, -0.2) is 28.4 Å². The molecule has 0 saturated heterocycles. The minimum absolute atomic E-state index is 0.186. The predicted molar refractivity (Wildman–Crippen MR) is 64.4 cm³/mol. The molecule has 4 nitrogen and oxygen atoms in total. The summed E-state index contributed by atoms with van der Waals surface area (Å²) in [6.07, 6.45) is 0.979. The lowest BCUT2D eigenvalue weighted by Gasteiger charge is -2.20. The fraction of sp³-hybridized carbons (Fsp3) is 0.385. The van der Waals surface area contributed by atoms with E-state index in [0.717, 1.165) is 0 Å². The summed E-state index contributed by atoms with van der Waals surface area (Å²) in [4.78, 5) is 23.7. The topological polar surface area (TPSA) is 57.6 Å². The standard InChI is InChI=1S/C13H16FNO3/c1-2-3-12(16)15(9-13(17)18)8-10-4-6-11(14)7-5-10/h4-7H,2-3,8-9H2,1H3,(H,17,18). The van der Waals surface area contributed by atoms with Crippen LogP contribution in [-0.2, 0) is 16.1 Å². The second-order valence-corrected chi connectivity index (χ2v) is 4.02. The summed E-state index contributed by atoms with van der Waals surface area (Å²) in [6, 6.07) is 5.67. The summed E-state index contributed by atoms with van der Waals surface area (Å²) in [5.74, 6) is -1.62. The Morgan fingerprint density at radius 3 is 2.39 bits per heavy atom. The second-order valence-electron chi connectivity index (χ2n) is 4.02. The molecule has 0 aliphatic carbocycles. The monoisotopic (exact) mass is 253 g/mol. The summed E-state index contributed by atoms with van der Waals surface area (Å²) in [5.41, 5.74) is 0.710. The van der Waals surface area contributed by atoms with Gasteiger partial charge < -0.3 is 10.0 Å². The fourth-order valence-electron chi connectivity index (χ4n) is 1.58. The van der Waals surface area contributed by atoms with Crippen molar-refractivity contribution < 1.29 is 19.1 Å². The van der Waals surface area contributed by atoms with Crippen molar-refractivity contribution in [2.75, 3.05) is 6.54 Å². The van der Waals surface area contributed by atoms with Crippen molar-refractivity contribution in [1.82, 2.24) is 4.90 Å². The van der Waals surface area contributed by atoms with Crippen LogP contribution in [0, 0.1) is 5.82 Å². The maximum absolute atomic E-state index is 12.7. The molecule has 0 aliphatic heterocycles. The molecule has 1 aromatic rings. The molecule has 18 heavy (non-hydrogen) atoms. The third-order valence-corrected chi connectivity index (χ3v) is 2.43. The molecule has 1 rings (SSSR count). The summed E-state index contributed by atoms with van der Waals surface area (Å²) >= 11 is 0. The van der Waals surface area contributed by atoms with Gasteiger partial charge in [0.05, 0.1) is 0 Å². The molecule has 0 atom stereocenters. The zero-order valence-electron chi connectivity index (χ0n) is 10.2. The molecule has 0 heterocycles. The van der Waals surface area contributed by atoms with Crippen LogP contribution < -0.4 is 0 Å². The molecule has 0 fully saturated rings. The van der Waals surface area contributed by atoms with Gasteiger partial charge in [-0.15, -0.1) is 0 Å². The number of benzene rings is 1. The molecule has 0 unspecified atom stereocenters. The minimum atomic E-state index is -1.05. The number of carbonyl (C=O) groups excluding carboxylic acids is 1. The van der Waals surface area contributed by atoms with Gasteiger partial charge in [-0.25, -0.2) is 4.39 Å². The van der Waals surface area contributed by atoms with Crippen molar-refractivity contribution in [3.05, 3.63) is 35.6 Å². The van der Waals surface area contributed by atoms with E-state index >= 15 is 0 Å². The van der Waals surface area contributed by atoms with Crippen LogP contribution in [0.4, 0.5) is 4.39 Å². The Morgan fingerprint density at radius 1 is 1.28 bits per heavy atom. The van der Waals surface area contributed by atoms with Crippen LogP contribution in [0.5, 0.6) is 0 Å². The van der Waals surface area contributed by atoms with Crippen molar-refractivity contribution in [2.24, 2.45) is 0 Å². The quantitative estimate of drug-likeness (QED) is 0.844. The van der Waals surface area contributed by atoms with Gasteiger partial charge in [-0.3, -0.25) is 9.59 Å². The maximum Gasteiger partial charge on any atom is 0.323 e. The number of nitrogens with zero attached hydrogens (tertiary/aromatic N) is 1. The SMILES string of the molecule is CCCC(=O)N(CC(=O)O)Cc1ccc(F)cc1. The molecule has 98 valence electrons. The van der Waals surface area contributed by atoms with Crippen LogP contribution in [0.2, 0.25) is 0 Å². The summed E-state index contributed by atoms with van der Waals surface area (Å²) < 4.78 is 12.7. The summed E-state index contributed by atoms with van der Waals surface area (Å²) in [5, 5.41) is 8.77. The van der Waals surface area contributed by atoms with Crippen molar-refractivity contribution >= 4 is 11.9 Å². The molecule has 0 spiro atoms. The Balaban J connectivity index is 2.74. The molecule has 1 aromatic carbocycles. The number of halogens is 1. The van der Waals surface area contributed by atoms with E-state index in [-0.39, 0.29) is 24.8 Å². The third kappa shape index (κ3) is 4.53. The Hall–Kier alpha value is -1.91. The Kier molecular flexibility index (Phi) is 5.30. The van der Waals surface area contributed by atoms with Crippen LogP contribution >= 0.6 is 0 Å². The minimum Gasteiger partial charge on any atom is -0.480 e. The van der Waals surface area contributed by atoms with Gasteiger partial charge in [0, 0.05) is 13.0 Å². The lowest BCUT2D eigenvalue weighted by molar-refractivity contribution is -0.144. The van der Waals surface area contributed by atoms with Crippen LogP contribution in [0.3, 0.4) is 0 Å². The van der Waals surface area contributed by atoms with Gasteiger partial charge in [-0.2, -0.15) is 0 Å². The number of rotatable bonds is 6. The first-order valence-corrected chi connectivity index (χ1v) is 5.77. The van der Waals surface area contributed by atoms with Gasteiger partial charge in [0.1, 0.15) is 12.4 Å². The van der Waals surface area contributed by atoms with Crippen molar-refractivity contribution in [1.29, 1.82) is 0 Å². The van der Waals surface area contributed by atoms with Gasteiger partial charge in [0.2, 0.25) is 5.91 Å². The molecule has 0 saturated carbocycles. The molecule has 0 aliphatic rings. The molecular weight excluding hydrogens is 237 g/mol. The highest BCUT2D eigenvalue weighted by atomic mass is 19.1. The number of carbonyl (C=O) groups is 2. The van der Waals surface area contributed by atoms with E-state index in [9.17, 15) is 14.0 Å². The van der Waals surface area contributed by atoms with E-state index in [4.69, 9.17) is 5.11 Å². The first-order valence-electron chi connectivity index (χ1n) is 5.77. The van der Waals surface area contributed by atoms with E-state index in [1.54, 1.807) is 12.1 Å². The van der Waals surface area contributed by atoms with Gasteiger partial charge in [0.15, 0.2) is 0 Å². The first-order chi connectivity index (χ1) is 8.52. The number of carboxylic acid groups (broad SMARTS) is 1. The normalized spacial score (nSPS) is 10.1. The number of carboxylic acids is 1. The smallest absolute Gasteiger partial charge is 0.323 e. The Bertz CT molecular complexity index is 417. The number of aliphatic carboxylic acids is 1. The molecule has 1 N–H and O–H groups in total. The Labute approximate surface area is 105 Å². The van der Waals surface area contributed by atoms with Gasteiger partial charge in [-0.1, -0.05) is 19.1 Å². The van der Waals surface area contributed by atoms with E-state index in [1.807, 2.05) is 6.92 Å². The zero-order valence-corrected chi connectivity index (χ0v) is 10.2. The first kappa shape index (κ1) is 14.2. The fourth-order valence-corrected chi connectivity index (χ4v) is 1.58. The number of hydrogen-bond donors (Lipinski definition) is 1. The van der Waals surface area contributed by atoms with Gasteiger partial charge >= 0.3 is 5.97 Å². The van der Waals surface area contributed by atoms with E-state index < -0.39 is 5.97 Å². The average molecular weight is 253 g/mol. The maximum atomic E-state index is 12.7. The molecule has 0 aromatic heterocycles. The Morgan fingerprint density at radius 2 is 1.89 bits per heavy atom. The second kappa shape index (κ2) is 6.74. The lowest BCUT2D eigenvalue weighted by Crippen LogP contribution is -2.34. The molecular formula is C13H16FNO3. The van der Waals surface area contributed by atoms with E-state index in [1.165, 1.54) is 17.0 Å². The third-order valence-electron chi connectivity index (χ3n) is 2.43.